The van der Waals surface area contributed by atoms with Gasteiger partial charge in [0.05, 0.1) is 13.7 Å². The van der Waals surface area contributed by atoms with Gasteiger partial charge in [0.25, 0.3) is 0 Å². The molecule has 3 rings (SSSR count). The molecule has 2 aromatic rings. The Kier molecular flexibility index (Phi) is 6.12. The van der Waals surface area contributed by atoms with E-state index in [1.165, 1.54) is 5.69 Å². The third-order valence-corrected chi connectivity index (χ3v) is 4.81. The van der Waals surface area contributed by atoms with Crippen molar-refractivity contribution in [2.45, 2.75) is 13.3 Å². The first-order valence-electron chi connectivity index (χ1n) is 9.12. The van der Waals surface area contributed by atoms with Gasteiger partial charge in [-0.1, -0.05) is 18.2 Å². The predicted molar refractivity (Wildman–Crippen MR) is 106 cm³/mol. The van der Waals surface area contributed by atoms with E-state index in [1.54, 1.807) is 7.11 Å². The summed E-state index contributed by atoms with van der Waals surface area (Å²) in [5.41, 5.74) is 3.19. The van der Waals surface area contributed by atoms with Crippen molar-refractivity contribution in [2.75, 3.05) is 50.1 Å². The Morgan fingerprint density at radius 1 is 1.04 bits per heavy atom. The number of rotatable bonds is 5. The normalized spacial score (nSPS) is 15.4. The van der Waals surface area contributed by atoms with Gasteiger partial charge in [-0.05, 0) is 49.2 Å². The highest BCUT2D eigenvalue weighted by atomic mass is 16.5. The molecule has 0 spiro atoms. The van der Waals surface area contributed by atoms with Crippen molar-refractivity contribution in [1.82, 2.24) is 4.90 Å². The van der Waals surface area contributed by atoms with Crippen LogP contribution in [-0.4, -0.2) is 50.6 Å². The predicted octanol–water partition coefficient (Wildman–Crippen LogP) is 3.15. The van der Waals surface area contributed by atoms with E-state index < -0.39 is 0 Å². The summed E-state index contributed by atoms with van der Waals surface area (Å²) in [6, 6.07) is 16.1. The van der Waals surface area contributed by atoms with E-state index in [9.17, 15) is 4.79 Å². The average molecular weight is 353 g/mol. The number of nitrogens with zero attached hydrogens (tertiary/aromatic N) is 2. The van der Waals surface area contributed by atoms with Crippen molar-refractivity contribution in [3.63, 3.8) is 0 Å². The van der Waals surface area contributed by atoms with Gasteiger partial charge in [0.2, 0.25) is 5.91 Å². The Balaban J connectivity index is 1.53. The molecule has 1 aliphatic rings. The number of methoxy groups -OCH3 is 1. The van der Waals surface area contributed by atoms with Crippen LogP contribution in [0, 0.1) is 6.92 Å². The average Bonchev–Trinajstić information content (AvgIpc) is 2.89. The van der Waals surface area contributed by atoms with Crippen LogP contribution < -0.4 is 15.0 Å². The molecule has 0 saturated carbocycles. The Morgan fingerprint density at radius 3 is 2.54 bits per heavy atom. The Bertz CT molecular complexity index is 730. The maximum absolute atomic E-state index is 12.4. The van der Waals surface area contributed by atoms with Crippen molar-refractivity contribution in [3.8, 4) is 5.75 Å². The second-order valence-corrected chi connectivity index (χ2v) is 6.68. The van der Waals surface area contributed by atoms with Crippen LogP contribution in [0.1, 0.15) is 12.0 Å². The third kappa shape index (κ3) is 4.76. The van der Waals surface area contributed by atoms with Crippen LogP contribution in [0.25, 0.3) is 0 Å². The SMILES string of the molecule is COc1ccc(N2CCCN(CC(=O)Nc3ccccc3C)CC2)cc1. The Morgan fingerprint density at radius 2 is 1.81 bits per heavy atom. The quantitative estimate of drug-likeness (QED) is 0.897. The van der Waals surface area contributed by atoms with E-state index in [2.05, 4.69) is 27.2 Å². The summed E-state index contributed by atoms with van der Waals surface area (Å²) in [6.07, 6.45) is 1.05. The molecule has 0 bridgehead atoms. The smallest absolute Gasteiger partial charge is 0.238 e. The highest BCUT2D eigenvalue weighted by Gasteiger charge is 2.17. The van der Waals surface area contributed by atoms with Crippen molar-refractivity contribution >= 4 is 17.3 Å². The molecule has 1 aliphatic heterocycles. The molecule has 0 unspecified atom stereocenters. The number of hydrogen-bond acceptors (Lipinski definition) is 4. The number of hydrogen-bond donors (Lipinski definition) is 1. The zero-order valence-electron chi connectivity index (χ0n) is 15.6. The minimum absolute atomic E-state index is 0.0530. The molecule has 5 heteroatoms. The molecule has 2 aromatic carbocycles. The molecular weight excluding hydrogens is 326 g/mol. The molecule has 5 nitrogen and oxygen atoms in total. The van der Waals surface area contributed by atoms with E-state index in [1.807, 2.05) is 43.3 Å². The van der Waals surface area contributed by atoms with Gasteiger partial charge in [-0.2, -0.15) is 0 Å². The monoisotopic (exact) mass is 353 g/mol. The number of anilines is 2. The summed E-state index contributed by atoms with van der Waals surface area (Å²) >= 11 is 0. The molecule has 1 amide bonds. The van der Waals surface area contributed by atoms with Crippen molar-refractivity contribution < 1.29 is 9.53 Å². The first kappa shape index (κ1) is 18.3. The maximum Gasteiger partial charge on any atom is 0.238 e. The van der Waals surface area contributed by atoms with Crippen LogP contribution in [0.15, 0.2) is 48.5 Å². The fourth-order valence-corrected chi connectivity index (χ4v) is 3.29. The molecule has 26 heavy (non-hydrogen) atoms. The second-order valence-electron chi connectivity index (χ2n) is 6.68. The van der Waals surface area contributed by atoms with Gasteiger partial charge in [-0.15, -0.1) is 0 Å². The molecule has 1 fully saturated rings. The number of para-hydroxylation sites is 1. The number of amides is 1. The van der Waals surface area contributed by atoms with E-state index in [-0.39, 0.29) is 5.91 Å². The number of ether oxygens (including phenoxy) is 1. The molecule has 1 heterocycles. The zero-order chi connectivity index (χ0) is 18.4. The van der Waals surface area contributed by atoms with Gasteiger partial charge in [-0.25, -0.2) is 0 Å². The Labute approximate surface area is 155 Å². The minimum Gasteiger partial charge on any atom is -0.497 e. The number of carbonyl (C=O) groups excluding carboxylic acids is 1. The number of nitrogens with one attached hydrogen (secondary N) is 1. The van der Waals surface area contributed by atoms with Crippen molar-refractivity contribution in [2.24, 2.45) is 0 Å². The molecular formula is C21H27N3O2. The maximum atomic E-state index is 12.4. The highest BCUT2D eigenvalue weighted by Crippen LogP contribution is 2.20. The molecule has 0 aliphatic carbocycles. The molecule has 0 atom stereocenters. The van der Waals surface area contributed by atoms with Gasteiger partial charge in [0.1, 0.15) is 5.75 Å². The third-order valence-electron chi connectivity index (χ3n) is 4.81. The van der Waals surface area contributed by atoms with Gasteiger partial charge in [0, 0.05) is 37.6 Å². The summed E-state index contributed by atoms with van der Waals surface area (Å²) in [5, 5.41) is 3.03. The van der Waals surface area contributed by atoms with Crippen LogP contribution >= 0.6 is 0 Å². The van der Waals surface area contributed by atoms with Crippen molar-refractivity contribution in [3.05, 3.63) is 54.1 Å². The topological polar surface area (TPSA) is 44.8 Å². The lowest BCUT2D eigenvalue weighted by Crippen LogP contribution is -2.36. The van der Waals surface area contributed by atoms with E-state index >= 15 is 0 Å². The first-order chi connectivity index (χ1) is 12.7. The van der Waals surface area contributed by atoms with E-state index in [0.29, 0.717) is 6.54 Å². The number of aryl methyl sites for hydroxylation is 1. The van der Waals surface area contributed by atoms with Crippen LogP contribution in [0.3, 0.4) is 0 Å². The molecule has 138 valence electrons. The molecule has 0 radical (unpaired) electrons. The van der Waals surface area contributed by atoms with Crippen LogP contribution in [0.2, 0.25) is 0 Å². The lowest BCUT2D eigenvalue weighted by molar-refractivity contribution is -0.117. The number of carbonyl (C=O) groups is 1. The fraction of sp³-hybridized carbons (Fsp3) is 0.381. The van der Waals surface area contributed by atoms with Crippen LogP contribution in [0.4, 0.5) is 11.4 Å². The van der Waals surface area contributed by atoms with Gasteiger partial charge in [-0.3, -0.25) is 9.69 Å². The molecule has 1 N–H and O–H groups in total. The standard InChI is InChI=1S/C21H27N3O2/c1-17-6-3-4-7-20(17)22-21(25)16-23-12-5-13-24(15-14-23)18-8-10-19(26-2)11-9-18/h3-4,6-11H,5,12-16H2,1-2H3,(H,22,25). The first-order valence-corrected chi connectivity index (χ1v) is 9.12. The summed E-state index contributed by atoms with van der Waals surface area (Å²) in [4.78, 5) is 17.0. The lowest BCUT2D eigenvalue weighted by atomic mass is 10.2. The summed E-state index contributed by atoms with van der Waals surface area (Å²) in [6.45, 7) is 6.19. The molecule has 1 saturated heterocycles. The van der Waals surface area contributed by atoms with Crippen LogP contribution in [0.5, 0.6) is 5.75 Å². The Hall–Kier alpha value is -2.53. The second kappa shape index (κ2) is 8.72. The van der Waals surface area contributed by atoms with Crippen molar-refractivity contribution in [1.29, 1.82) is 0 Å². The van der Waals surface area contributed by atoms with E-state index in [4.69, 9.17) is 4.74 Å². The highest BCUT2D eigenvalue weighted by molar-refractivity contribution is 5.92. The van der Waals surface area contributed by atoms with Gasteiger partial charge in [0.15, 0.2) is 0 Å². The largest absolute Gasteiger partial charge is 0.497 e. The summed E-state index contributed by atoms with van der Waals surface area (Å²) < 4.78 is 5.23. The summed E-state index contributed by atoms with van der Waals surface area (Å²) in [7, 11) is 1.68. The van der Waals surface area contributed by atoms with Gasteiger partial charge >= 0.3 is 0 Å². The van der Waals surface area contributed by atoms with E-state index in [0.717, 1.165) is 49.6 Å². The molecule has 0 aromatic heterocycles. The number of benzene rings is 2. The zero-order valence-corrected chi connectivity index (χ0v) is 15.6. The minimum atomic E-state index is 0.0530. The fourth-order valence-electron chi connectivity index (χ4n) is 3.29. The van der Waals surface area contributed by atoms with Crippen LogP contribution in [-0.2, 0) is 4.79 Å². The van der Waals surface area contributed by atoms with Gasteiger partial charge < -0.3 is 15.0 Å². The lowest BCUT2D eigenvalue weighted by Gasteiger charge is -2.23. The summed E-state index contributed by atoms with van der Waals surface area (Å²) in [5.74, 6) is 0.926.